The number of benzene rings is 2. The van der Waals surface area contributed by atoms with Crippen molar-refractivity contribution in [2.45, 2.75) is 101 Å². The summed E-state index contributed by atoms with van der Waals surface area (Å²) in [5, 5.41) is 0. The summed E-state index contributed by atoms with van der Waals surface area (Å²) in [4.78, 5) is 0. The topological polar surface area (TPSA) is 18.5 Å². The molecule has 2 aromatic rings. The predicted octanol–water partition coefficient (Wildman–Crippen LogP) is 8.87. The van der Waals surface area contributed by atoms with E-state index in [0.717, 1.165) is 33.2 Å². The molecule has 0 atom stereocenters. The molecule has 0 saturated carbocycles. The van der Waals surface area contributed by atoms with E-state index in [4.69, 9.17) is 6.15 Å². The van der Waals surface area contributed by atoms with Crippen LogP contribution in [0.15, 0.2) is 48.5 Å². The molecule has 0 spiro atoms. The summed E-state index contributed by atoms with van der Waals surface area (Å²) in [7, 11) is 0. The molecule has 2 aromatic carbocycles. The molecule has 0 fully saturated rings. The van der Waals surface area contributed by atoms with E-state index in [1.165, 1.54) is 62.5 Å². The molecule has 172 valence electrons. The van der Waals surface area contributed by atoms with Crippen LogP contribution in [0.3, 0.4) is 0 Å². The molecular formula is C28H44O2Sn. The second-order valence-corrected chi connectivity index (χ2v) is 18.0. The molecule has 0 N–H and O–H groups in total. The third-order valence-corrected chi connectivity index (χ3v) is 15.7. The van der Waals surface area contributed by atoms with E-state index < -0.39 is 19.2 Å². The summed E-state index contributed by atoms with van der Waals surface area (Å²) in [5.41, 5.74) is 2.70. The molecule has 0 amide bonds. The van der Waals surface area contributed by atoms with Gasteiger partial charge in [-0.15, -0.1) is 0 Å². The Kier molecular flexibility index (Phi) is 12.5. The summed E-state index contributed by atoms with van der Waals surface area (Å²) in [6, 6.07) is 17.4. The van der Waals surface area contributed by atoms with Crippen LogP contribution in [0.5, 0.6) is 11.5 Å². The van der Waals surface area contributed by atoms with Crippen LogP contribution in [0.25, 0.3) is 0 Å². The number of unbranched alkanes of at least 4 members (excludes halogenated alkanes) is 4. The van der Waals surface area contributed by atoms with E-state index in [2.05, 4.69) is 76.2 Å². The third-order valence-electron chi connectivity index (χ3n) is 5.96. The molecule has 0 bridgehead atoms. The summed E-state index contributed by atoms with van der Waals surface area (Å²) in [5.74, 6) is 2.18. The Bertz CT molecular complexity index is 680. The molecule has 0 aliphatic rings. The van der Waals surface area contributed by atoms with E-state index >= 15 is 0 Å². The average Bonchev–Trinajstić information content (AvgIpc) is 2.80. The van der Waals surface area contributed by atoms with E-state index in [-0.39, 0.29) is 0 Å². The van der Waals surface area contributed by atoms with E-state index in [1.54, 1.807) is 0 Å². The van der Waals surface area contributed by atoms with Crippen LogP contribution in [0.2, 0.25) is 8.87 Å². The zero-order chi connectivity index (χ0) is 22.4. The van der Waals surface area contributed by atoms with Crippen molar-refractivity contribution in [3.63, 3.8) is 0 Å². The number of hydrogen-bond acceptors (Lipinski definition) is 2. The number of rotatable bonds is 16. The van der Waals surface area contributed by atoms with E-state index in [9.17, 15) is 0 Å². The summed E-state index contributed by atoms with van der Waals surface area (Å²) >= 11 is -3.41. The first-order chi connectivity index (χ1) is 15.2. The molecule has 2 rings (SSSR count). The van der Waals surface area contributed by atoms with E-state index in [0.29, 0.717) is 0 Å². The first-order valence-electron chi connectivity index (χ1n) is 12.7. The molecule has 0 aliphatic heterocycles. The van der Waals surface area contributed by atoms with Gasteiger partial charge in [0.1, 0.15) is 0 Å². The maximum absolute atomic E-state index is 7.09. The number of para-hydroxylation sites is 2. The first-order valence-corrected chi connectivity index (χ1v) is 19.1. The monoisotopic (exact) mass is 532 g/mol. The standard InChI is InChI=1S/2C10H14O.2C4H9.Sn/c2*1-2-3-6-9-7-4-5-8-10(9)11;2*1-3-4-2;/h2*4-5,7-8,11H,2-3,6H2,1H3;2*1,3-4H2,2H3;/q;;;;+2/p-2. The number of aryl methyl sites for hydroxylation is 2. The average molecular weight is 531 g/mol. The fourth-order valence-corrected chi connectivity index (χ4v) is 14.5. The molecule has 0 radical (unpaired) electrons. The van der Waals surface area contributed by atoms with Gasteiger partial charge in [-0.2, -0.15) is 0 Å². The molecule has 0 unspecified atom stereocenters. The van der Waals surface area contributed by atoms with Crippen LogP contribution in [0, 0.1) is 0 Å². The van der Waals surface area contributed by atoms with Crippen molar-refractivity contribution in [2.24, 2.45) is 0 Å². The van der Waals surface area contributed by atoms with E-state index in [1.807, 2.05) is 0 Å². The zero-order valence-electron chi connectivity index (χ0n) is 20.4. The Morgan fingerprint density at radius 1 is 0.548 bits per heavy atom. The Morgan fingerprint density at radius 3 is 1.32 bits per heavy atom. The first kappa shape index (κ1) is 26.1. The second-order valence-electron chi connectivity index (χ2n) is 8.74. The maximum atomic E-state index is 7.09. The van der Waals surface area contributed by atoms with Crippen LogP contribution in [-0.2, 0) is 12.8 Å². The van der Waals surface area contributed by atoms with Crippen LogP contribution in [-0.4, -0.2) is 19.2 Å². The number of hydrogen-bond donors (Lipinski definition) is 0. The second kappa shape index (κ2) is 14.8. The van der Waals surface area contributed by atoms with Gasteiger partial charge in [0.05, 0.1) is 0 Å². The van der Waals surface area contributed by atoms with Crippen molar-refractivity contribution in [2.75, 3.05) is 0 Å². The molecule has 3 heteroatoms. The van der Waals surface area contributed by atoms with Crippen LogP contribution < -0.4 is 6.15 Å². The van der Waals surface area contributed by atoms with Gasteiger partial charge < -0.3 is 0 Å². The summed E-state index contributed by atoms with van der Waals surface area (Å²) < 4.78 is 16.4. The SMILES string of the molecule is CCCCc1ccccc1[O][Sn]([CH2]CCC)([CH2]CCC)[O]c1ccccc1CCCC. The molecule has 31 heavy (non-hydrogen) atoms. The van der Waals surface area contributed by atoms with Gasteiger partial charge in [-0.05, 0) is 0 Å². The Balaban J connectivity index is 2.39. The van der Waals surface area contributed by atoms with Gasteiger partial charge in [0.2, 0.25) is 0 Å². The Labute approximate surface area is 196 Å². The zero-order valence-corrected chi connectivity index (χ0v) is 23.3. The summed E-state index contributed by atoms with van der Waals surface area (Å²) in [6.07, 6.45) is 11.7. The minimum atomic E-state index is -3.41. The van der Waals surface area contributed by atoms with Crippen molar-refractivity contribution in [3.05, 3.63) is 59.7 Å². The molecule has 0 aliphatic carbocycles. The molecule has 0 heterocycles. The van der Waals surface area contributed by atoms with Gasteiger partial charge >= 0.3 is 197 Å². The fraction of sp³-hybridized carbons (Fsp3) is 0.571. The fourth-order valence-electron chi connectivity index (χ4n) is 4.00. The van der Waals surface area contributed by atoms with Gasteiger partial charge in [0.15, 0.2) is 0 Å². The Morgan fingerprint density at radius 2 is 0.935 bits per heavy atom. The predicted molar refractivity (Wildman–Crippen MR) is 137 cm³/mol. The van der Waals surface area contributed by atoms with Crippen LogP contribution >= 0.6 is 0 Å². The van der Waals surface area contributed by atoms with Crippen molar-refractivity contribution >= 4 is 19.2 Å². The van der Waals surface area contributed by atoms with Crippen LogP contribution in [0.4, 0.5) is 0 Å². The molecular weight excluding hydrogens is 487 g/mol. The minimum absolute atomic E-state index is 1.09. The molecule has 0 aromatic heterocycles. The van der Waals surface area contributed by atoms with Crippen molar-refractivity contribution in [1.29, 1.82) is 0 Å². The van der Waals surface area contributed by atoms with Gasteiger partial charge in [0, 0.05) is 0 Å². The summed E-state index contributed by atoms with van der Waals surface area (Å²) in [6.45, 7) is 9.07. The Hall–Kier alpha value is -1.16. The van der Waals surface area contributed by atoms with Gasteiger partial charge in [-0.25, -0.2) is 0 Å². The van der Waals surface area contributed by atoms with Crippen LogP contribution in [0.1, 0.15) is 90.2 Å². The molecule has 2 nitrogen and oxygen atoms in total. The van der Waals surface area contributed by atoms with Crippen molar-refractivity contribution in [3.8, 4) is 11.5 Å². The van der Waals surface area contributed by atoms with Gasteiger partial charge in [-0.1, -0.05) is 0 Å². The normalized spacial score (nSPS) is 11.5. The van der Waals surface area contributed by atoms with Gasteiger partial charge in [-0.3, -0.25) is 0 Å². The quantitative estimate of drug-likeness (QED) is 0.202. The van der Waals surface area contributed by atoms with Gasteiger partial charge in [0.25, 0.3) is 0 Å². The van der Waals surface area contributed by atoms with Crippen molar-refractivity contribution < 1.29 is 6.15 Å². The molecule has 0 saturated heterocycles. The van der Waals surface area contributed by atoms with Crippen molar-refractivity contribution in [1.82, 2.24) is 0 Å². The third kappa shape index (κ3) is 8.71.